The van der Waals surface area contributed by atoms with Crippen LogP contribution in [0.15, 0.2) is 24.3 Å². The number of aliphatic hydroxyl groups is 2. The predicted octanol–water partition coefficient (Wildman–Crippen LogP) is 4.87. The first-order valence-electron chi connectivity index (χ1n) is 10.1. The number of carboxylic acid groups (broad SMARTS) is 1. The first kappa shape index (κ1) is 22.2. The van der Waals surface area contributed by atoms with Gasteiger partial charge in [0.2, 0.25) is 0 Å². The number of unbranched alkanes of at least 4 members (excludes halogenated alkanes) is 3. The van der Waals surface area contributed by atoms with E-state index < -0.39 is 18.2 Å². The average Bonchev–Trinajstić information content (AvgIpc) is 2.90. The molecule has 0 spiro atoms. The van der Waals surface area contributed by atoms with Gasteiger partial charge in [-0.05, 0) is 42.2 Å². The Labute approximate surface area is 167 Å². The Morgan fingerprint density at radius 2 is 1.78 bits per heavy atom. The fraction of sp³-hybridized carbons (Fsp3) is 0.682. The van der Waals surface area contributed by atoms with Gasteiger partial charge in [0.15, 0.2) is 0 Å². The number of aliphatic carboxylic acids is 1. The standard InChI is InChI=1S/C22H33ClO4/c1-14(2)22(27)16-11-9-15(10-12-16)21-17(18(23)13-19(21)24)7-5-3-4-6-8-20(25)26/h9-12,14,17-19,21-22,24,27H,3-8,13H2,1-2H3,(H,25,26)/t17-,18?,19+,21+,22?/m0/s1. The van der Waals surface area contributed by atoms with Gasteiger partial charge in [-0.1, -0.05) is 57.4 Å². The Bertz CT molecular complexity index is 586. The molecule has 27 heavy (non-hydrogen) atoms. The maximum Gasteiger partial charge on any atom is 0.303 e. The minimum atomic E-state index is -0.735. The number of carbonyl (C=O) groups is 1. The van der Waals surface area contributed by atoms with Crippen molar-refractivity contribution >= 4 is 17.6 Å². The highest BCUT2D eigenvalue weighted by Crippen LogP contribution is 2.45. The summed E-state index contributed by atoms with van der Waals surface area (Å²) in [7, 11) is 0. The smallest absolute Gasteiger partial charge is 0.303 e. The minimum absolute atomic E-state index is 0.0248. The summed E-state index contributed by atoms with van der Waals surface area (Å²) >= 11 is 6.54. The van der Waals surface area contributed by atoms with E-state index >= 15 is 0 Å². The molecule has 0 amide bonds. The monoisotopic (exact) mass is 396 g/mol. The summed E-state index contributed by atoms with van der Waals surface area (Å²) in [6.45, 7) is 3.98. The lowest BCUT2D eigenvalue weighted by atomic mass is 9.83. The molecule has 1 aliphatic rings. The molecule has 2 rings (SSSR count). The van der Waals surface area contributed by atoms with E-state index in [0.29, 0.717) is 6.42 Å². The molecule has 0 aliphatic heterocycles. The Kier molecular flexibility index (Phi) is 8.59. The van der Waals surface area contributed by atoms with Gasteiger partial charge in [0.25, 0.3) is 0 Å². The molecular weight excluding hydrogens is 364 g/mol. The molecule has 4 nitrogen and oxygen atoms in total. The normalized spacial score (nSPS) is 26.4. The van der Waals surface area contributed by atoms with Gasteiger partial charge in [0.05, 0.1) is 12.2 Å². The van der Waals surface area contributed by atoms with Crippen molar-refractivity contribution in [3.63, 3.8) is 0 Å². The zero-order chi connectivity index (χ0) is 20.0. The van der Waals surface area contributed by atoms with E-state index in [4.69, 9.17) is 16.7 Å². The van der Waals surface area contributed by atoms with Crippen LogP contribution in [0.25, 0.3) is 0 Å². The van der Waals surface area contributed by atoms with Crippen molar-refractivity contribution in [1.29, 1.82) is 0 Å². The van der Waals surface area contributed by atoms with Crippen LogP contribution in [0.5, 0.6) is 0 Å². The van der Waals surface area contributed by atoms with Crippen LogP contribution in [0.1, 0.15) is 81.9 Å². The van der Waals surface area contributed by atoms with Crippen LogP contribution < -0.4 is 0 Å². The molecule has 1 fully saturated rings. The third kappa shape index (κ3) is 6.20. The summed E-state index contributed by atoms with van der Waals surface area (Å²) in [5.41, 5.74) is 1.99. The Balaban J connectivity index is 1.95. The van der Waals surface area contributed by atoms with Crippen molar-refractivity contribution in [2.75, 3.05) is 0 Å². The van der Waals surface area contributed by atoms with Crippen LogP contribution in [-0.4, -0.2) is 32.8 Å². The predicted molar refractivity (Wildman–Crippen MR) is 108 cm³/mol. The molecule has 1 aliphatic carbocycles. The average molecular weight is 397 g/mol. The van der Waals surface area contributed by atoms with Crippen molar-refractivity contribution in [2.24, 2.45) is 11.8 Å². The molecule has 0 bridgehead atoms. The molecule has 2 unspecified atom stereocenters. The second-order valence-corrected chi connectivity index (χ2v) is 8.77. The van der Waals surface area contributed by atoms with E-state index in [1.165, 1.54) is 0 Å². The fourth-order valence-electron chi connectivity index (χ4n) is 4.20. The highest BCUT2D eigenvalue weighted by Gasteiger charge is 2.41. The van der Waals surface area contributed by atoms with Crippen LogP contribution >= 0.6 is 11.6 Å². The lowest BCUT2D eigenvalue weighted by Gasteiger charge is -2.25. The van der Waals surface area contributed by atoms with E-state index in [0.717, 1.165) is 43.2 Å². The maximum atomic E-state index is 10.6. The van der Waals surface area contributed by atoms with Crippen molar-refractivity contribution in [1.82, 2.24) is 0 Å². The summed E-state index contributed by atoms with van der Waals surface area (Å²) in [5, 5.41) is 29.4. The summed E-state index contributed by atoms with van der Waals surface area (Å²) in [5.74, 6) is -0.325. The molecule has 0 aromatic heterocycles. The quantitative estimate of drug-likeness (QED) is 0.389. The number of carboxylic acids is 1. The summed E-state index contributed by atoms with van der Waals surface area (Å²) in [4.78, 5) is 10.6. The summed E-state index contributed by atoms with van der Waals surface area (Å²) in [6, 6.07) is 7.95. The fourth-order valence-corrected chi connectivity index (χ4v) is 4.67. The van der Waals surface area contributed by atoms with E-state index in [1.807, 2.05) is 38.1 Å². The highest BCUT2D eigenvalue weighted by atomic mass is 35.5. The van der Waals surface area contributed by atoms with Crippen molar-refractivity contribution < 1.29 is 20.1 Å². The molecule has 0 saturated heterocycles. The number of hydrogen-bond donors (Lipinski definition) is 3. The molecule has 5 atom stereocenters. The number of benzene rings is 1. The zero-order valence-electron chi connectivity index (χ0n) is 16.4. The highest BCUT2D eigenvalue weighted by molar-refractivity contribution is 6.21. The number of rotatable bonds is 10. The van der Waals surface area contributed by atoms with Gasteiger partial charge in [0.1, 0.15) is 0 Å². The van der Waals surface area contributed by atoms with Gasteiger partial charge in [-0.2, -0.15) is 0 Å². The SMILES string of the molecule is CC(C)C(O)c1ccc([C@H]2[C@H](O)CC(Cl)[C@@H]2CCCCCCC(=O)O)cc1. The molecular formula is C22H33ClO4. The Hall–Kier alpha value is -1.10. The lowest BCUT2D eigenvalue weighted by molar-refractivity contribution is -0.137. The van der Waals surface area contributed by atoms with Gasteiger partial charge in [-0.25, -0.2) is 0 Å². The third-order valence-electron chi connectivity index (χ3n) is 5.78. The number of alkyl halides is 1. The Morgan fingerprint density at radius 3 is 2.37 bits per heavy atom. The van der Waals surface area contributed by atoms with Gasteiger partial charge < -0.3 is 15.3 Å². The first-order chi connectivity index (χ1) is 12.8. The minimum Gasteiger partial charge on any atom is -0.481 e. The van der Waals surface area contributed by atoms with E-state index in [1.54, 1.807) is 0 Å². The molecule has 1 aromatic rings. The molecule has 1 aromatic carbocycles. The third-order valence-corrected chi connectivity index (χ3v) is 6.28. The van der Waals surface area contributed by atoms with Crippen LogP contribution in [0, 0.1) is 11.8 Å². The molecule has 5 heteroatoms. The van der Waals surface area contributed by atoms with Crippen molar-refractivity contribution in [2.45, 2.75) is 82.3 Å². The van der Waals surface area contributed by atoms with Gasteiger partial charge in [-0.3, -0.25) is 4.79 Å². The van der Waals surface area contributed by atoms with Gasteiger partial charge in [-0.15, -0.1) is 11.6 Å². The zero-order valence-corrected chi connectivity index (χ0v) is 17.1. The molecule has 0 heterocycles. The molecule has 3 N–H and O–H groups in total. The van der Waals surface area contributed by atoms with Crippen LogP contribution in [0.3, 0.4) is 0 Å². The van der Waals surface area contributed by atoms with Crippen LogP contribution in [0.2, 0.25) is 0 Å². The number of aliphatic hydroxyl groups excluding tert-OH is 2. The largest absolute Gasteiger partial charge is 0.481 e. The van der Waals surface area contributed by atoms with Crippen LogP contribution in [-0.2, 0) is 4.79 Å². The van der Waals surface area contributed by atoms with Gasteiger partial charge >= 0.3 is 5.97 Å². The van der Waals surface area contributed by atoms with Crippen molar-refractivity contribution in [3.05, 3.63) is 35.4 Å². The summed E-state index contributed by atoms with van der Waals surface area (Å²) < 4.78 is 0. The van der Waals surface area contributed by atoms with E-state index in [-0.39, 0.29) is 29.6 Å². The second-order valence-electron chi connectivity index (χ2n) is 8.21. The van der Waals surface area contributed by atoms with Crippen LogP contribution in [0.4, 0.5) is 0 Å². The van der Waals surface area contributed by atoms with E-state index in [9.17, 15) is 15.0 Å². The topological polar surface area (TPSA) is 77.8 Å². The first-order valence-corrected chi connectivity index (χ1v) is 10.6. The number of halogens is 1. The van der Waals surface area contributed by atoms with Gasteiger partial charge in [0, 0.05) is 17.7 Å². The molecule has 1 saturated carbocycles. The maximum absolute atomic E-state index is 10.6. The number of hydrogen-bond acceptors (Lipinski definition) is 3. The van der Waals surface area contributed by atoms with Crippen molar-refractivity contribution in [3.8, 4) is 0 Å². The Morgan fingerprint density at radius 1 is 1.15 bits per heavy atom. The lowest BCUT2D eigenvalue weighted by Crippen LogP contribution is -2.19. The van der Waals surface area contributed by atoms with E-state index in [2.05, 4.69) is 0 Å². The molecule has 0 radical (unpaired) electrons. The molecule has 152 valence electrons. The second kappa shape index (κ2) is 10.4. The summed E-state index contributed by atoms with van der Waals surface area (Å²) in [6.07, 6.45) is 4.50.